The summed E-state index contributed by atoms with van der Waals surface area (Å²) in [6, 6.07) is 0.576. The van der Waals surface area contributed by atoms with Gasteiger partial charge in [0, 0.05) is 33.2 Å². The highest BCUT2D eigenvalue weighted by Gasteiger charge is 2.43. The van der Waals surface area contributed by atoms with E-state index in [-0.39, 0.29) is 36.4 Å². The van der Waals surface area contributed by atoms with E-state index in [1.807, 2.05) is 14.1 Å². The molecule has 6 heteroatoms. The Balaban J connectivity index is 0.00000196. The van der Waals surface area contributed by atoms with Crippen molar-refractivity contribution in [3.8, 4) is 0 Å². The average Bonchev–Trinajstić information content (AvgIpc) is 3.37. The van der Waals surface area contributed by atoms with Gasteiger partial charge in [0.05, 0.1) is 0 Å². The molecule has 1 N–H and O–H groups in total. The molecule has 0 aromatic carbocycles. The Labute approximate surface area is 175 Å². The number of nitrogens with one attached hydrogen (secondary N) is 1. The fourth-order valence-electron chi connectivity index (χ4n) is 5.76. The summed E-state index contributed by atoms with van der Waals surface area (Å²) in [5.74, 6) is 2.84. The van der Waals surface area contributed by atoms with Gasteiger partial charge in [-0.2, -0.15) is 0 Å². The number of rotatable bonds is 3. The number of carbonyl (C=O) groups excluding carboxylic acids is 1. The van der Waals surface area contributed by atoms with E-state index in [4.69, 9.17) is 4.99 Å². The van der Waals surface area contributed by atoms with E-state index in [0.717, 1.165) is 30.9 Å². The van der Waals surface area contributed by atoms with Gasteiger partial charge in [0.25, 0.3) is 0 Å². The molecule has 4 aliphatic rings. The van der Waals surface area contributed by atoms with E-state index in [1.54, 1.807) is 4.90 Å². The van der Waals surface area contributed by atoms with Crippen molar-refractivity contribution in [3.05, 3.63) is 0 Å². The summed E-state index contributed by atoms with van der Waals surface area (Å²) in [6.45, 7) is 2.50. The van der Waals surface area contributed by atoms with Crippen molar-refractivity contribution in [2.45, 2.75) is 63.8 Å². The van der Waals surface area contributed by atoms with Crippen LogP contribution in [0.25, 0.3) is 0 Å². The van der Waals surface area contributed by atoms with Crippen LogP contribution in [0, 0.1) is 17.3 Å². The summed E-state index contributed by atoms with van der Waals surface area (Å²) in [4.78, 5) is 20.9. The van der Waals surface area contributed by atoms with Gasteiger partial charge in [0.15, 0.2) is 5.96 Å². The molecule has 0 aromatic heterocycles. The van der Waals surface area contributed by atoms with E-state index in [1.165, 1.54) is 57.8 Å². The maximum Gasteiger partial charge on any atom is 0.243 e. The van der Waals surface area contributed by atoms with E-state index < -0.39 is 0 Å². The number of fused-ring (bicyclic) bond motifs is 2. The van der Waals surface area contributed by atoms with Crippen molar-refractivity contribution in [2.24, 2.45) is 22.2 Å². The van der Waals surface area contributed by atoms with Gasteiger partial charge < -0.3 is 15.1 Å². The zero-order valence-corrected chi connectivity index (χ0v) is 18.7. The van der Waals surface area contributed by atoms with Crippen molar-refractivity contribution in [2.75, 3.05) is 33.7 Å². The van der Waals surface area contributed by atoms with Gasteiger partial charge in [-0.1, -0.05) is 19.3 Å². The monoisotopic (exact) mass is 474 g/mol. The van der Waals surface area contributed by atoms with Gasteiger partial charge in [-0.25, -0.2) is 4.99 Å². The first-order valence-corrected chi connectivity index (χ1v) is 10.3. The molecule has 2 bridgehead atoms. The van der Waals surface area contributed by atoms with Crippen LogP contribution in [0.2, 0.25) is 0 Å². The quantitative estimate of drug-likeness (QED) is 0.389. The molecule has 1 amide bonds. The smallest absolute Gasteiger partial charge is 0.243 e. The molecule has 3 atom stereocenters. The summed E-state index contributed by atoms with van der Waals surface area (Å²) in [7, 11) is 3.62. The zero-order valence-electron chi connectivity index (χ0n) is 16.4. The van der Waals surface area contributed by atoms with Crippen molar-refractivity contribution in [1.29, 1.82) is 0 Å². The van der Waals surface area contributed by atoms with Crippen molar-refractivity contribution in [1.82, 2.24) is 15.1 Å². The molecular weight excluding hydrogens is 439 g/mol. The van der Waals surface area contributed by atoms with Crippen LogP contribution in [0.3, 0.4) is 0 Å². The molecule has 4 fully saturated rings. The third-order valence-electron chi connectivity index (χ3n) is 7.32. The number of aliphatic imine (C=N–C) groups is 1. The van der Waals surface area contributed by atoms with Crippen molar-refractivity contribution in [3.63, 3.8) is 0 Å². The van der Waals surface area contributed by atoms with Crippen LogP contribution in [0.5, 0.6) is 0 Å². The Kier molecular flexibility index (Phi) is 6.40. The van der Waals surface area contributed by atoms with Gasteiger partial charge in [0.1, 0.15) is 6.54 Å². The molecule has 3 unspecified atom stereocenters. The summed E-state index contributed by atoms with van der Waals surface area (Å²) in [5.41, 5.74) is 0.530. The highest BCUT2D eigenvalue weighted by molar-refractivity contribution is 14.0. The molecule has 5 nitrogen and oxygen atoms in total. The van der Waals surface area contributed by atoms with Crippen molar-refractivity contribution >= 4 is 35.8 Å². The topological polar surface area (TPSA) is 47.9 Å². The summed E-state index contributed by atoms with van der Waals surface area (Å²) in [5, 5.41) is 3.80. The zero-order chi connectivity index (χ0) is 17.4. The Bertz CT molecular complexity index is 544. The predicted octanol–water partition coefficient (Wildman–Crippen LogP) is 3.09. The minimum Gasteiger partial charge on any atom is -0.353 e. The minimum atomic E-state index is 0. The first kappa shape index (κ1) is 20.2. The molecule has 26 heavy (non-hydrogen) atoms. The van der Waals surface area contributed by atoms with Crippen LogP contribution < -0.4 is 5.32 Å². The van der Waals surface area contributed by atoms with E-state index in [9.17, 15) is 4.79 Å². The Morgan fingerprint density at radius 2 is 1.96 bits per heavy atom. The summed E-state index contributed by atoms with van der Waals surface area (Å²) >= 11 is 0. The maximum atomic E-state index is 12.0. The second-order valence-electron chi connectivity index (χ2n) is 9.23. The third kappa shape index (κ3) is 4.14. The Morgan fingerprint density at radius 3 is 2.58 bits per heavy atom. The standard InChI is InChI=1S/C20H34N4O.HI/c1-23(2)18(25)13-21-19(22-17-12-15-5-6-16(17)11-15)24-10-9-20(14-24)7-3-4-8-20;/h15-17H,3-14H2,1-2H3,(H,21,22);1H. The van der Waals surface area contributed by atoms with Gasteiger partial charge in [0.2, 0.25) is 5.91 Å². The number of hydrogen-bond donors (Lipinski definition) is 1. The fourth-order valence-corrected chi connectivity index (χ4v) is 5.76. The van der Waals surface area contributed by atoms with Gasteiger partial charge in [-0.3, -0.25) is 4.79 Å². The number of halogens is 1. The highest BCUT2D eigenvalue weighted by Crippen LogP contribution is 2.46. The number of carbonyl (C=O) groups is 1. The Hall–Kier alpha value is -0.530. The van der Waals surface area contributed by atoms with E-state index in [2.05, 4.69) is 10.2 Å². The van der Waals surface area contributed by atoms with Crippen molar-refractivity contribution < 1.29 is 4.79 Å². The largest absolute Gasteiger partial charge is 0.353 e. The molecule has 3 aliphatic carbocycles. The number of nitrogens with zero attached hydrogens (tertiary/aromatic N) is 3. The second-order valence-corrected chi connectivity index (χ2v) is 9.23. The predicted molar refractivity (Wildman–Crippen MR) is 116 cm³/mol. The van der Waals surface area contributed by atoms with Crippen LogP contribution in [0.15, 0.2) is 4.99 Å². The second kappa shape index (κ2) is 8.23. The van der Waals surface area contributed by atoms with E-state index in [0.29, 0.717) is 11.5 Å². The van der Waals surface area contributed by atoms with Crippen LogP contribution in [0.1, 0.15) is 57.8 Å². The lowest BCUT2D eigenvalue weighted by molar-refractivity contribution is -0.127. The number of likely N-dealkylation sites (tertiary alicyclic amines) is 1. The fraction of sp³-hybridized carbons (Fsp3) is 0.900. The molecule has 0 aromatic rings. The lowest BCUT2D eigenvalue weighted by Crippen LogP contribution is -2.48. The summed E-state index contributed by atoms with van der Waals surface area (Å²) in [6.07, 6.45) is 12.3. The lowest BCUT2D eigenvalue weighted by Gasteiger charge is -2.31. The van der Waals surface area contributed by atoms with Crippen LogP contribution in [-0.4, -0.2) is 61.4 Å². The number of likely N-dealkylation sites (N-methyl/N-ethyl adjacent to an activating group) is 1. The van der Waals surface area contributed by atoms with Crippen LogP contribution in [-0.2, 0) is 4.79 Å². The van der Waals surface area contributed by atoms with Gasteiger partial charge in [-0.05, 0) is 55.8 Å². The molecular formula is C20H35IN4O. The molecule has 148 valence electrons. The number of guanidine groups is 1. The lowest BCUT2D eigenvalue weighted by atomic mass is 9.86. The number of hydrogen-bond acceptors (Lipinski definition) is 2. The minimum absolute atomic E-state index is 0. The average molecular weight is 474 g/mol. The molecule has 1 aliphatic heterocycles. The Morgan fingerprint density at radius 1 is 1.19 bits per heavy atom. The molecule has 1 saturated heterocycles. The van der Waals surface area contributed by atoms with Gasteiger partial charge in [-0.15, -0.1) is 24.0 Å². The molecule has 1 heterocycles. The van der Waals surface area contributed by atoms with E-state index >= 15 is 0 Å². The first-order chi connectivity index (χ1) is 12.0. The molecule has 0 radical (unpaired) electrons. The SMILES string of the molecule is CN(C)C(=O)CN=C(NC1CC2CCC1C2)N1CCC2(CCCC2)C1.I. The summed E-state index contributed by atoms with van der Waals surface area (Å²) < 4.78 is 0. The van der Waals surface area contributed by atoms with Crippen LogP contribution >= 0.6 is 24.0 Å². The normalized spacial score (nSPS) is 32.2. The van der Waals surface area contributed by atoms with Crippen LogP contribution in [0.4, 0.5) is 0 Å². The molecule has 3 saturated carbocycles. The number of amides is 1. The highest BCUT2D eigenvalue weighted by atomic mass is 127. The molecule has 4 rings (SSSR count). The first-order valence-electron chi connectivity index (χ1n) is 10.3. The molecule has 1 spiro atoms. The maximum absolute atomic E-state index is 12.0. The van der Waals surface area contributed by atoms with Gasteiger partial charge >= 0.3 is 0 Å². The third-order valence-corrected chi connectivity index (χ3v) is 7.32.